The van der Waals surface area contributed by atoms with E-state index in [0.717, 1.165) is 37.2 Å². The second kappa shape index (κ2) is 4.51. The lowest BCUT2D eigenvalue weighted by molar-refractivity contribution is 0.222. The van der Waals surface area contributed by atoms with Gasteiger partial charge in [-0.2, -0.15) is 0 Å². The van der Waals surface area contributed by atoms with Crippen molar-refractivity contribution < 1.29 is 4.79 Å². The van der Waals surface area contributed by atoms with Gasteiger partial charge in [0.25, 0.3) is 0 Å². The van der Waals surface area contributed by atoms with Crippen molar-refractivity contribution in [1.82, 2.24) is 9.88 Å². The van der Waals surface area contributed by atoms with Crippen LogP contribution in [0.15, 0.2) is 12.1 Å². The maximum atomic E-state index is 11.8. The topological polar surface area (TPSA) is 45.2 Å². The molecule has 0 spiro atoms. The molecule has 4 nitrogen and oxygen atoms in total. The third-order valence-corrected chi connectivity index (χ3v) is 2.73. The third kappa shape index (κ3) is 2.51. The number of nitrogens with zero attached hydrogens (tertiary/aromatic N) is 2. The van der Waals surface area contributed by atoms with Gasteiger partial charge >= 0.3 is 6.03 Å². The summed E-state index contributed by atoms with van der Waals surface area (Å²) in [5.41, 5.74) is 2.04. The van der Waals surface area contributed by atoms with Crippen molar-refractivity contribution in [3.63, 3.8) is 0 Å². The molecule has 0 saturated carbocycles. The maximum absolute atomic E-state index is 11.8. The average molecular weight is 219 g/mol. The summed E-state index contributed by atoms with van der Waals surface area (Å²) in [5.74, 6) is 0.648. The van der Waals surface area contributed by atoms with Crippen molar-refractivity contribution in [3.8, 4) is 0 Å². The molecule has 0 aliphatic carbocycles. The molecule has 1 fully saturated rings. The van der Waals surface area contributed by atoms with Crippen LogP contribution in [0, 0.1) is 13.8 Å². The fourth-order valence-corrected chi connectivity index (χ4v) is 2.01. The number of amides is 2. The lowest BCUT2D eigenvalue weighted by Crippen LogP contribution is -2.32. The van der Waals surface area contributed by atoms with Crippen LogP contribution in [0.1, 0.15) is 24.1 Å². The minimum atomic E-state index is -0.0324. The highest BCUT2D eigenvalue weighted by Gasteiger charge is 2.17. The predicted octanol–water partition coefficient (Wildman–Crippen LogP) is 2.33. The van der Waals surface area contributed by atoms with Crippen LogP contribution in [0.25, 0.3) is 0 Å². The predicted molar refractivity (Wildman–Crippen MR) is 63.5 cm³/mol. The highest BCUT2D eigenvalue weighted by molar-refractivity contribution is 5.88. The zero-order valence-corrected chi connectivity index (χ0v) is 9.79. The van der Waals surface area contributed by atoms with Crippen LogP contribution in [0.4, 0.5) is 10.6 Å². The number of nitrogens with one attached hydrogen (secondary N) is 1. The van der Waals surface area contributed by atoms with Gasteiger partial charge in [-0.3, -0.25) is 5.32 Å². The molecule has 1 aliphatic rings. The number of hydrogen-bond acceptors (Lipinski definition) is 2. The first-order chi connectivity index (χ1) is 7.65. The van der Waals surface area contributed by atoms with Crippen LogP contribution in [-0.4, -0.2) is 29.0 Å². The Kier molecular flexibility index (Phi) is 3.08. The fraction of sp³-hybridized carbons (Fsp3) is 0.500. The largest absolute Gasteiger partial charge is 0.324 e. The molecule has 0 radical (unpaired) electrons. The molecular weight excluding hydrogens is 202 g/mol. The summed E-state index contributed by atoms with van der Waals surface area (Å²) < 4.78 is 0. The molecule has 1 aromatic rings. The van der Waals surface area contributed by atoms with Gasteiger partial charge in [0.2, 0.25) is 0 Å². The maximum Gasteiger partial charge on any atom is 0.323 e. The molecule has 0 unspecified atom stereocenters. The molecule has 2 amide bonds. The van der Waals surface area contributed by atoms with E-state index in [-0.39, 0.29) is 6.03 Å². The Morgan fingerprint density at radius 1 is 1.31 bits per heavy atom. The van der Waals surface area contributed by atoms with E-state index in [1.165, 1.54) is 0 Å². The molecule has 2 heterocycles. The summed E-state index contributed by atoms with van der Waals surface area (Å²) in [4.78, 5) is 17.9. The summed E-state index contributed by atoms with van der Waals surface area (Å²) in [6.07, 6.45) is 2.21. The number of rotatable bonds is 1. The van der Waals surface area contributed by atoms with Gasteiger partial charge in [0.15, 0.2) is 0 Å². The Bertz CT molecular complexity index is 377. The average Bonchev–Trinajstić information content (AvgIpc) is 2.68. The Labute approximate surface area is 95.7 Å². The molecule has 0 bridgehead atoms. The molecule has 1 aromatic heterocycles. The van der Waals surface area contributed by atoms with E-state index in [0.29, 0.717) is 5.82 Å². The molecule has 16 heavy (non-hydrogen) atoms. The van der Waals surface area contributed by atoms with Crippen LogP contribution in [-0.2, 0) is 0 Å². The normalized spacial score (nSPS) is 15.2. The van der Waals surface area contributed by atoms with E-state index >= 15 is 0 Å². The Balaban J connectivity index is 2.05. The summed E-state index contributed by atoms with van der Waals surface area (Å²) in [7, 11) is 0. The molecular formula is C12H17N3O. The standard InChI is InChI=1S/C12H17N3O/c1-9-7-10(2)13-11(8-9)14-12(16)15-5-3-4-6-15/h7-8H,3-6H2,1-2H3,(H,13,14,16). The van der Waals surface area contributed by atoms with Crippen LogP contribution < -0.4 is 5.32 Å². The first kappa shape index (κ1) is 10.9. The van der Waals surface area contributed by atoms with Crippen molar-refractivity contribution in [2.24, 2.45) is 0 Å². The van der Waals surface area contributed by atoms with E-state index < -0.39 is 0 Å². The van der Waals surface area contributed by atoms with Crippen LogP contribution in [0.3, 0.4) is 0 Å². The Hall–Kier alpha value is -1.58. The highest BCUT2D eigenvalue weighted by atomic mass is 16.2. The van der Waals surface area contributed by atoms with E-state index in [2.05, 4.69) is 10.3 Å². The van der Waals surface area contributed by atoms with E-state index in [1.807, 2.05) is 30.9 Å². The van der Waals surface area contributed by atoms with Crippen molar-refractivity contribution in [1.29, 1.82) is 0 Å². The SMILES string of the molecule is Cc1cc(C)nc(NC(=O)N2CCCC2)c1. The van der Waals surface area contributed by atoms with Gasteiger partial charge in [-0.1, -0.05) is 0 Å². The number of carbonyl (C=O) groups is 1. The molecule has 2 rings (SSSR count). The van der Waals surface area contributed by atoms with Gasteiger partial charge in [-0.15, -0.1) is 0 Å². The summed E-state index contributed by atoms with van der Waals surface area (Å²) in [5, 5.41) is 2.84. The van der Waals surface area contributed by atoms with Gasteiger partial charge in [-0.25, -0.2) is 9.78 Å². The van der Waals surface area contributed by atoms with Crippen molar-refractivity contribution in [2.75, 3.05) is 18.4 Å². The molecule has 86 valence electrons. The number of hydrogen-bond donors (Lipinski definition) is 1. The zero-order chi connectivity index (χ0) is 11.5. The molecule has 0 aromatic carbocycles. The van der Waals surface area contributed by atoms with Crippen LogP contribution >= 0.6 is 0 Å². The monoisotopic (exact) mass is 219 g/mol. The van der Waals surface area contributed by atoms with Crippen molar-refractivity contribution in [3.05, 3.63) is 23.4 Å². The second-order valence-corrected chi connectivity index (χ2v) is 4.30. The first-order valence-electron chi connectivity index (χ1n) is 5.66. The number of aryl methyl sites for hydroxylation is 2. The quantitative estimate of drug-likeness (QED) is 0.787. The smallest absolute Gasteiger partial charge is 0.323 e. The lowest BCUT2D eigenvalue weighted by atomic mass is 10.2. The number of urea groups is 1. The lowest BCUT2D eigenvalue weighted by Gasteiger charge is -2.16. The van der Waals surface area contributed by atoms with Gasteiger partial charge in [0, 0.05) is 18.8 Å². The second-order valence-electron chi connectivity index (χ2n) is 4.30. The van der Waals surface area contributed by atoms with E-state index in [4.69, 9.17) is 0 Å². The third-order valence-electron chi connectivity index (χ3n) is 2.73. The highest BCUT2D eigenvalue weighted by Crippen LogP contribution is 2.12. The van der Waals surface area contributed by atoms with Crippen LogP contribution in [0.5, 0.6) is 0 Å². The van der Waals surface area contributed by atoms with Crippen molar-refractivity contribution >= 4 is 11.8 Å². The van der Waals surface area contributed by atoms with Gasteiger partial charge in [-0.05, 0) is 44.4 Å². The van der Waals surface area contributed by atoms with Gasteiger partial charge in [0.05, 0.1) is 0 Å². The minimum Gasteiger partial charge on any atom is -0.324 e. The molecule has 0 atom stereocenters. The minimum absolute atomic E-state index is 0.0324. The summed E-state index contributed by atoms with van der Waals surface area (Å²) in [6, 6.07) is 3.85. The van der Waals surface area contributed by atoms with Crippen molar-refractivity contribution in [2.45, 2.75) is 26.7 Å². The van der Waals surface area contributed by atoms with Crippen LogP contribution in [0.2, 0.25) is 0 Å². The van der Waals surface area contributed by atoms with Gasteiger partial charge in [0.1, 0.15) is 5.82 Å². The summed E-state index contributed by atoms with van der Waals surface area (Å²) >= 11 is 0. The number of aromatic nitrogens is 1. The molecule has 1 saturated heterocycles. The molecule has 1 N–H and O–H groups in total. The zero-order valence-electron chi connectivity index (χ0n) is 9.79. The summed E-state index contributed by atoms with van der Waals surface area (Å²) in [6.45, 7) is 5.64. The number of carbonyl (C=O) groups excluding carboxylic acids is 1. The van der Waals surface area contributed by atoms with E-state index in [9.17, 15) is 4.79 Å². The molecule has 1 aliphatic heterocycles. The Morgan fingerprint density at radius 3 is 2.62 bits per heavy atom. The first-order valence-corrected chi connectivity index (χ1v) is 5.66. The fourth-order valence-electron chi connectivity index (χ4n) is 2.01. The van der Waals surface area contributed by atoms with E-state index in [1.54, 1.807) is 0 Å². The van der Waals surface area contributed by atoms with Gasteiger partial charge < -0.3 is 4.90 Å². The Morgan fingerprint density at radius 2 is 2.00 bits per heavy atom. The number of anilines is 1. The number of pyridine rings is 1. The number of likely N-dealkylation sites (tertiary alicyclic amines) is 1. The molecule has 4 heteroatoms.